The topological polar surface area (TPSA) is 94.8 Å². The minimum atomic E-state index is -0.626. The first-order valence-electron chi connectivity index (χ1n) is 8.76. The molecule has 0 spiro atoms. The van der Waals surface area contributed by atoms with Crippen LogP contribution in [-0.2, 0) is 27.1 Å². The number of furan rings is 1. The van der Waals surface area contributed by atoms with Crippen molar-refractivity contribution in [3.63, 3.8) is 0 Å². The Morgan fingerprint density at radius 2 is 1.96 bits per heavy atom. The Balaban J connectivity index is 1.67. The standard InChI is InChI=1S/C19H21NO6S/c1-4-24-19(23)16-12-6-5-7-14(12)27-17(16)20-15(21)9-25-18(22)13-8-10(2)26-11(13)3/h8H,4-7,9H2,1-3H3,(H,20,21). The molecule has 7 nitrogen and oxygen atoms in total. The third-order valence-electron chi connectivity index (χ3n) is 4.25. The van der Waals surface area contributed by atoms with E-state index in [1.165, 1.54) is 11.3 Å². The molecule has 144 valence electrons. The van der Waals surface area contributed by atoms with Gasteiger partial charge in [0.1, 0.15) is 22.1 Å². The Labute approximate surface area is 160 Å². The van der Waals surface area contributed by atoms with Crippen LogP contribution in [0.5, 0.6) is 0 Å². The van der Waals surface area contributed by atoms with Crippen molar-refractivity contribution >= 4 is 34.2 Å². The zero-order valence-corrected chi connectivity index (χ0v) is 16.3. The van der Waals surface area contributed by atoms with Gasteiger partial charge in [-0.25, -0.2) is 9.59 Å². The van der Waals surface area contributed by atoms with Crippen molar-refractivity contribution in [3.05, 3.63) is 39.2 Å². The molecule has 0 saturated heterocycles. The average Bonchev–Trinajstić information content (AvgIpc) is 3.27. The highest BCUT2D eigenvalue weighted by Crippen LogP contribution is 2.39. The molecule has 3 rings (SSSR count). The van der Waals surface area contributed by atoms with E-state index < -0.39 is 24.5 Å². The third-order valence-corrected chi connectivity index (χ3v) is 5.46. The van der Waals surface area contributed by atoms with Gasteiger partial charge in [0.25, 0.3) is 5.91 Å². The molecule has 0 aliphatic heterocycles. The summed E-state index contributed by atoms with van der Waals surface area (Å²) in [7, 11) is 0. The number of ether oxygens (including phenoxy) is 2. The molecule has 1 aliphatic carbocycles. The quantitative estimate of drug-likeness (QED) is 0.758. The van der Waals surface area contributed by atoms with Crippen molar-refractivity contribution in [3.8, 4) is 0 Å². The molecule has 0 saturated carbocycles. The van der Waals surface area contributed by atoms with Crippen LogP contribution < -0.4 is 5.32 Å². The molecule has 0 unspecified atom stereocenters. The Bertz CT molecular complexity index is 894. The van der Waals surface area contributed by atoms with Crippen molar-refractivity contribution in [1.82, 2.24) is 0 Å². The van der Waals surface area contributed by atoms with E-state index in [0.29, 0.717) is 27.6 Å². The van der Waals surface area contributed by atoms with Crippen molar-refractivity contribution in [2.75, 3.05) is 18.5 Å². The highest BCUT2D eigenvalue weighted by molar-refractivity contribution is 7.17. The van der Waals surface area contributed by atoms with Crippen LogP contribution in [0, 0.1) is 13.8 Å². The highest BCUT2D eigenvalue weighted by Gasteiger charge is 2.28. The van der Waals surface area contributed by atoms with Crippen LogP contribution >= 0.6 is 11.3 Å². The predicted molar refractivity (Wildman–Crippen MR) is 99.4 cm³/mol. The molecule has 0 aromatic carbocycles. The Hall–Kier alpha value is -2.61. The fraction of sp³-hybridized carbons (Fsp3) is 0.421. The summed E-state index contributed by atoms with van der Waals surface area (Å²) in [6.45, 7) is 4.93. The number of carbonyl (C=O) groups is 3. The minimum Gasteiger partial charge on any atom is -0.466 e. The smallest absolute Gasteiger partial charge is 0.342 e. The van der Waals surface area contributed by atoms with Crippen LogP contribution in [-0.4, -0.2) is 31.1 Å². The lowest BCUT2D eigenvalue weighted by molar-refractivity contribution is -0.119. The van der Waals surface area contributed by atoms with Crippen LogP contribution in [0.3, 0.4) is 0 Å². The van der Waals surface area contributed by atoms with E-state index in [-0.39, 0.29) is 6.61 Å². The Morgan fingerprint density at radius 3 is 2.63 bits per heavy atom. The van der Waals surface area contributed by atoms with Crippen molar-refractivity contribution in [2.45, 2.75) is 40.0 Å². The zero-order valence-electron chi connectivity index (χ0n) is 15.5. The Morgan fingerprint density at radius 1 is 1.19 bits per heavy atom. The van der Waals surface area contributed by atoms with Gasteiger partial charge < -0.3 is 19.2 Å². The molecule has 0 atom stereocenters. The van der Waals surface area contributed by atoms with Gasteiger partial charge in [-0.2, -0.15) is 0 Å². The van der Waals surface area contributed by atoms with Gasteiger partial charge in [-0.15, -0.1) is 11.3 Å². The number of hydrogen-bond acceptors (Lipinski definition) is 7. The molecule has 8 heteroatoms. The van der Waals surface area contributed by atoms with Crippen LogP contribution in [0.25, 0.3) is 0 Å². The van der Waals surface area contributed by atoms with Crippen molar-refractivity contribution < 1.29 is 28.3 Å². The highest BCUT2D eigenvalue weighted by atomic mass is 32.1. The largest absolute Gasteiger partial charge is 0.466 e. The number of aryl methyl sites for hydroxylation is 3. The first-order valence-corrected chi connectivity index (χ1v) is 9.58. The molecule has 2 heterocycles. The molecule has 0 radical (unpaired) electrons. The average molecular weight is 391 g/mol. The molecule has 27 heavy (non-hydrogen) atoms. The molecule has 0 bridgehead atoms. The molecule has 1 amide bonds. The summed E-state index contributed by atoms with van der Waals surface area (Å²) in [5, 5.41) is 3.14. The number of thiophene rings is 1. The molecule has 1 aliphatic rings. The summed E-state index contributed by atoms with van der Waals surface area (Å²) in [5.41, 5.74) is 1.67. The molecule has 1 N–H and O–H groups in total. The van der Waals surface area contributed by atoms with Gasteiger partial charge >= 0.3 is 11.9 Å². The monoisotopic (exact) mass is 391 g/mol. The van der Waals surface area contributed by atoms with E-state index in [1.807, 2.05) is 0 Å². The maximum Gasteiger partial charge on any atom is 0.342 e. The van der Waals surface area contributed by atoms with Crippen molar-refractivity contribution in [2.24, 2.45) is 0 Å². The normalized spacial score (nSPS) is 12.6. The van der Waals surface area contributed by atoms with Gasteiger partial charge in [0.2, 0.25) is 0 Å². The first kappa shape index (κ1) is 19.2. The summed E-state index contributed by atoms with van der Waals surface area (Å²) in [4.78, 5) is 37.7. The second-order valence-corrected chi connectivity index (χ2v) is 7.34. The zero-order chi connectivity index (χ0) is 19.6. The van der Waals surface area contributed by atoms with Gasteiger partial charge in [0.05, 0.1) is 12.2 Å². The molecular formula is C19H21NO6S. The fourth-order valence-electron chi connectivity index (χ4n) is 3.12. The SMILES string of the molecule is CCOC(=O)c1c(NC(=O)COC(=O)c2cc(C)oc2C)sc2c1CCC2. The molecule has 2 aromatic rings. The van der Waals surface area contributed by atoms with Crippen molar-refractivity contribution in [1.29, 1.82) is 0 Å². The van der Waals surface area contributed by atoms with E-state index in [2.05, 4.69) is 5.32 Å². The van der Waals surface area contributed by atoms with Crippen LogP contribution in [0.15, 0.2) is 10.5 Å². The lowest BCUT2D eigenvalue weighted by atomic mass is 10.1. The molecular weight excluding hydrogens is 370 g/mol. The maximum absolute atomic E-state index is 12.3. The first-order chi connectivity index (χ1) is 12.9. The lowest BCUT2D eigenvalue weighted by Crippen LogP contribution is -2.22. The summed E-state index contributed by atoms with van der Waals surface area (Å²) < 4.78 is 15.5. The lowest BCUT2D eigenvalue weighted by Gasteiger charge is -2.08. The predicted octanol–water partition coefficient (Wildman–Crippen LogP) is 3.42. The second-order valence-electron chi connectivity index (χ2n) is 6.23. The number of amides is 1. The molecule has 0 fully saturated rings. The summed E-state index contributed by atoms with van der Waals surface area (Å²) in [6, 6.07) is 1.57. The molecule has 2 aromatic heterocycles. The third kappa shape index (κ3) is 4.05. The van der Waals surface area contributed by atoms with Crippen LogP contribution in [0.2, 0.25) is 0 Å². The van der Waals surface area contributed by atoms with Gasteiger partial charge in [-0.1, -0.05) is 0 Å². The van der Waals surface area contributed by atoms with Gasteiger partial charge in [0, 0.05) is 4.88 Å². The minimum absolute atomic E-state index is 0.262. The number of nitrogens with one attached hydrogen (secondary N) is 1. The van der Waals surface area contributed by atoms with E-state index in [4.69, 9.17) is 13.9 Å². The number of carbonyl (C=O) groups excluding carboxylic acids is 3. The Kier molecular flexibility index (Phi) is 5.65. The number of rotatable bonds is 6. The van der Waals surface area contributed by atoms with Crippen LogP contribution in [0.1, 0.15) is 56.0 Å². The number of anilines is 1. The van der Waals surface area contributed by atoms with E-state index in [9.17, 15) is 14.4 Å². The van der Waals surface area contributed by atoms with E-state index >= 15 is 0 Å². The van der Waals surface area contributed by atoms with Gasteiger partial charge in [-0.3, -0.25) is 4.79 Å². The maximum atomic E-state index is 12.3. The summed E-state index contributed by atoms with van der Waals surface area (Å²) in [6.07, 6.45) is 2.67. The summed E-state index contributed by atoms with van der Waals surface area (Å²) >= 11 is 1.38. The van der Waals surface area contributed by atoms with Gasteiger partial charge in [0.15, 0.2) is 6.61 Å². The summed E-state index contributed by atoms with van der Waals surface area (Å²) in [5.74, 6) is -0.535. The van der Waals surface area contributed by atoms with E-state index in [0.717, 1.165) is 29.7 Å². The number of hydrogen-bond donors (Lipinski definition) is 1. The number of fused-ring (bicyclic) bond motifs is 1. The number of esters is 2. The van der Waals surface area contributed by atoms with Crippen LogP contribution in [0.4, 0.5) is 5.00 Å². The van der Waals surface area contributed by atoms with E-state index in [1.54, 1.807) is 26.8 Å². The van der Waals surface area contributed by atoms with Gasteiger partial charge in [-0.05, 0) is 51.7 Å². The second kappa shape index (κ2) is 7.96. The fourth-order valence-corrected chi connectivity index (χ4v) is 4.41.